The molecule has 0 amide bonds. The first-order valence-corrected chi connectivity index (χ1v) is 4.10. The van der Waals surface area contributed by atoms with Crippen molar-refractivity contribution in [3.8, 4) is 0 Å². The van der Waals surface area contributed by atoms with Crippen molar-refractivity contribution in [2.24, 2.45) is 0 Å². The summed E-state index contributed by atoms with van der Waals surface area (Å²) in [5.74, 6) is 0.0324. The monoisotopic (exact) mass is 206 g/mol. The smallest absolute Gasteiger partial charge is 0.186 e. The summed E-state index contributed by atoms with van der Waals surface area (Å²) in [7, 11) is 0. The third kappa shape index (κ3) is 1.56. The van der Waals surface area contributed by atoms with E-state index in [9.17, 15) is 4.79 Å². The molecule has 0 unspecified atom stereocenters. The van der Waals surface area contributed by atoms with Gasteiger partial charge in [0.15, 0.2) is 5.78 Å². The SMILES string of the molecule is O=C(CBr)c1cnns1. The molecule has 5 heteroatoms. The lowest BCUT2D eigenvalue weighted by Crippen LogP contribution is -1.94. The van der Waals surface area contributed by atoms with Crippen LogP contribution in [0.25, 0.3) is 0 Å². The van der Waals surface area contributed by atoms with Crippen molar-refractivity contribution in [3.05, 3.63) is 11.1 Å². The Morgan fingerprint density at radius 1 is 1.89 bits per heavy atom. The first kappa shape index (κ1) is 6.82. The van der Waals surface area contributed by atoms with Crippen LogP contribution in [0.15, 0.2) is 6.20 Å². The second-order valence-corrected chi connectivity index (χ2v) is 2.68. The normalized spacial score (nSPS) is 9.44. The standard InChI is InChI=1S/C4H3BrN2OS/c5-1-3(8)4-2-6-7-9-4/h2H,1H2. The molecule has 0 radical (unpaired) electrons. The fraction of sp³-hybridized carbons (Fsp3) is 0.250. The van der Waals surface area contributed by atoms with E-state index >= 15 is 0 Å². The fourth-order valence-electron chi connectivity index (χ4n) is 0.356. The van der Waals surface area contributed by atoms with E-state index < -0.39 is 0 Å². The average Bonchev–Trinajstić information content (AvgIpc) is 2.37. The molecule has 0 aliphatic carbocycles. The van der Waals surface area contributed by atoms with Gasteiger partial charge in [0, 0.05) is 0 Å². The molecule has 0 saturated carbocycles. The molecule has 0 bridgehead atoms. The van der Waals surface area contributed by atoms with Crippen molar-refractivity contribution in [1.29, 1.82) is 0 Å². The van der Waals surface area contributed by atoms with Gasteiger partial charge >= 0.3 is 0 Å². The molecule has 0 atom stereocenters. The van der Waals surface area contributed by atoms with Crippen molar-refractivity contribution in [3.63, 3.8) is 0 Å². The van der Waals surface area contributed by atoms with Crippen LogP contribution in [0.5, 0.6) is 0 Å². The summed E-state index contributed by atoms with van der Waals surface area (Å²) in [4.78, 5) is 11.4. The lowest BCUT2D eigenvalue weighted by molar-refractivity contribution is 0.102. The van der Waals surface area contributed by atoms with Crippen LogP contribution >= 0.6 is 27.5 Å². The molecule has 1 aromatic heterocycles. The van der Waals surface area contributed by atoms with E-state index in [2.05, 4.69) is 25.5 Å². The minimum absolute atomic E-state index is 0.0324. The van der Waals surface area contributed by atoms with Gasteiger partial charge in [-0.25, -0.2) is 0 Å². The summed E-state index contributed by atoms with van der Waals surface area (Å²) in [5.41, 5.74) is 0. The lowest BCUT2D eigenvalue weighted by Gasteiger charge is -1.82. The number of aromatic nitrogens is 2. The number of nitrogens with zero attached hydrogens (tertiary/aromatic N) is 2. The number of Topliss-reactive ketones (excluding diaryl/α,β-unsaturated/α-hetero) is 1. The quantitative estimate of drug-likeness (QED) is 0.539. The second kappa shape index (κ2) is 3.03. The molecule has 0 spiro atoms. The maximum absolute atomic E-state index is 10.8. The zero-order chi connectivity index (χ0) is 6.69. The maximum atomic E-state index is 10.8. The highest BCUT2D eigenvalue weighted by atomic mass is 79.9. The largest absolute Gasteiger partial charge is 0.292 e. The number of halogens is 1. The Morgan fingerprint density at radius 3 is 3.11 bits per heavy atom. The first-order chi connectivity index (χ1) is 4.34. The van der Waals surface area contributed by atoms with Crippen LogP contribution in [0.3, 0.4) is 0 Å². The summed E-state index contributed by atoms with van der Waals surface area (Å²) >= 11 is 4.15. The van der Waals surface area contributed by atoms with E-state index in [0.717, 1.165) is 11.5 Å². The van der Waals surface area contributed by atoms with Gasteiger partial charge in [0.2, 0.25) is 0 Å². The highest BCUT2D eigenvalue weighted by molar-refractivity contribution is 9.09. The van der Waals surface area contributed by atoms with E-state index in [0.29, 0.717) is 10.2 Å². The van der Waals surface area contributed by atoms with E-state index in [1.165, 1.54) is 6.20 Å². The van der Waals surface area contributed by atoms with Gasteiger partial charge in [0.1, 0.15) is 4.88 Å². The molecule has 1 rings (SSSR count). The van der Waals surface area contributed by atoms with E-state index in [1.807, 2.05) is 0 Å². The maximum Gasteiger partial charge on any atom is 0.186 e. The van der Waals surface area contributed by atoms with Gasteiger partial charge in [-0.15, -0.1) is 5.10 Å². The minimum atomic E-state index is 0.0324. The van der Waals surface area contributed by atoms with Crippen LogP contribution in [0.2, 0.25) is 0 Å². The molecule has 0 aliphatic rings. The Labute approximate surface area is 64.4 Å². The van der Waals surface area contributed by atoms with Crippen molar-refractivity contribution in [2.75, 3.05) is 5.33 Å². The van der Waals surface area contributed by atoms with Gasteiger partial charge in [-0.05, 0) is 11.5 Å². The Morgan fingerprint density at radius 2 is 2.67 bits per heavy atom. The van der Waals surface area contributed by atoms with Crippen LogP contribution in [0.4, 0.5) is 0 Å². The lowest BCUT2D eigenvalue weighted by atomic mass is 10.4. The van der Waals surface area contributed by atoms with E-state index in [4.69, 9.17) is 0 Å². The van der Waals surface area contributed by atoms with Gasteiger partial charge < -0.3 is 0 Å². The topological polar surface area (TPSA) is 42.9 Å². The molecule has 0 fully saturated rings. The van der Waals surface area contributed by atoms with Gasteiger partial charge in [-0.3, -0.25) is 4.79 Å². The Kier molecular flexibility index (Phi) is 2.29. The summed E-state index contributed by atoms with van der Waals surface area (Å²) < 4.78 is 3.54. The number of ketones is 1. The Balaban J connectivity index is 2.77. The third-order valence-corrected chi connectivity index (χ3v) is 1.97. The van der Waals surface area contributed by atoms with Crippen molar-refractivity contribution >= 4 is 33.2 Å². The summed E-state index contributed by atoms with van der Waals surface area (Å²) in [6.45, 7) is 0. The number of carbonyl (C=O) groups is 1. The molecule has 0 aromatic carbocycles. The van der Waals surface area contributed by atoms with Crippen LogP contribution in [0.1, 0.15) is 9.67 Å². The average molecular weight is 207 g/mol. The molecule has 48 valence electrons. The molecular weight excluding hydrogens is 204 g/mol. The Bertz CT molecular complexity index is 198. The van der Waals surface area contributed by atoms with Crippen molar-refractivity contribution < 1.29 is 4.79 Å². The first-order valence-electron chi connectivity index (χ1n) is 2.21. The van der Waals surface area contributed by atoms with E-state index in [-0.39, 0.29) is 5.78 Å². The Hall–Kier alpha value is -0.290. The number of hydrogen-bond acceptors (Lipinski definition) is 4. The third-order valence-electron chi connectivity index (χ3n) is 0.757. The van der Waals surface area contributed by atoms with Crippen LogP contribution < -0.4 is 0 Å². The number of hydrogen-bond donors (Lipinski definition) is 0. The van der Waals surface area contributed by atoms with E-state index in [1.54, 1.807) is 0 Å². The van der Waals surface area contributed by atoms with Crippen LogP contribution in [0, 0.1) is 0 Å². The van der Waals surface area contributed by atoms with Gasteiger partial charge in [-0.2, -0.15) is 0 Å². The predicted molar refractivity (Wildman–Crippen MR) is 38.0 cm³/mol. The number of rotatable bonds is 2. The van der Waals surface area contributed by atoms with Crippen molar-refractivity contribution in [1.82, 2.24) is 9.59 Å². The summed E-state index contributed by atoms with van der Waals surface area (Å²) in [5, 5.41) is 3.86. The molecule has 0 saturated heterocycles. The van der Waals surface area contributed by atoms with Gasteiger partial charge in [-0.1, -0.05) is 20.4 Å². The molecule has 3 nitrogen and oxygen atoms in total. The van der Waals surface area contributed by atoms with Gasteiger partial charge in [0.05, 0.1) is 11.5 Å². The van der Waals surface area contributed by atoms with Crippen molar-refractivity contribution in [2.45, 2.75) is 0 Å². The number of alkyl halides is 1. The van der Waals surface area contributed by atoms with Crippen LogP contribution in [-0.2, 0) is 0 Å². The highest BCUT2D eigenvalue weighted by Gasteiger charge is 2.04. The molecular formula is C4H3BrN2OS. The molecule has 0 N–H and O–H groups in total. The van der Waals surface area contributed by atoms with Gasteiger partial charge in [0.25, 0.3) is 0 Å². The fourth-order valence-corrected chi connectivity index (χ4v) is 1.29. The number of carbonyl (C=O) groups excluding carboxylic acids is 1. The molecule has 0 aliphatic heterocycles. The summed E-state index contributed by atoms with van der Waals surface area (Å²) in [6, 6.07) is 0. The molecule has 9 heavy (non-hydrogen) atoms. The predicted octanol–water partition coefficient (Wildman–Crippen LogP) is 1.12. The minimum Gasteiger partial charge on any atom is -0.292 e. The zero-order valence-electron chi connectivity index (χ0n) is 4.37. The van der Waals surface area contributed by atoms with Crippen LogP contribution in [-0.4, -0.2) is 20.7 Å². The second-order valence-electron chi connectivity index (χ2n) is 1.34. The highest BCUT2D eigenvalue weighted by Crippen LogP contribution is 2.04. The zero-order valence-corrected chi connectivity index (χ0v) is 6.78. The molecule has 1 heterocycles. The summed E-state index contributed by atoms with van der Waals surface area (Å²) in [6.07, 6.45) is 1.47. The molecule has 1 aromatic rings.